The molecule has 1 aromatic carbocycles. The predicted molar refractivity (Wildman–Crippen MR) is 75.3 cm³/mol. The quantitative estimate of drug-likeness (QED) is 0.756. The maximum Gasteiger partial charge on any atom is 0.0408 e. The first kappa shape index (κ1) is 13.9. The van der Waals surface area contributed by atoms with Crippen molar-refractivity contribution in [3.05, 3.63) is 34.9 Å². The van der Waals surface area contributed by atoms with Gasteiger partial charge < -0.3 is 5.73 Å². The number of benzene rings is 1. The average molecular weight is 258 g/mol. The first-order valence-electron chi connectivity index (χ1n) is 5.69. The van der Waals surface area contributed by atoms with E-state index in [2.05, 4.69) is 12.3 Å². The van der Waals surface area contributed by atoms with Gasteiger partial charge in [-0.15, -0.1) is 0 Å². The lowest BCUT2D eigenvalue weighted by atomic mass is 9.95. The minimum atomic E-state index is 0.589. The van der Waals surface area contributed by atoms with Gasteiger partial charge in [0.15, 0.2) is 0 Å². The molecule has 0 heterocycles. The van der Waals surface area contributed by atoms with Crippen LogP contribution in [-0.2, 0) is 6.42 Å². The van der Waals surface area contributed by atoms with E-state index in [1.165, 1.54) is 24.2 Å². The molecule has 0 saturated carbocycles. The zero-order valence-electron chi connectivity index (χ0n) is 9.79. The van der Waals surface area contributed by atoms with E-state index in [1.54, 1.807) is 0 Å². The van der Waals surface area contributed by atoms with Gasteiger partial charge in [-0.25, -0.2) is 0 Å². The zero-order chi connectivity index (χ0) is 11.8. The second-order valence-corrected chi connectivity index (χ2v) is 5.49. The highest BCUT2D eigenvalue weighted by molar-refractivity contribution is 7.98. The van der Waals surface area contributed by atoms with Crippen LogP contribution in [-0.4, -0.2) is 18.6 Å². The Bertz CT molecular complexity index is 304. The van der Waals surface area contributed by atoms with Crippen molar-refractivity contribution >= 4 is 23.4 Å². The summed E-state index contributed by atoms with van der Waals surface area (Å²) in [7, 11) is 0. The van der Waals surface area contributed by atoms with E-state index in [-0.39, 0.29) is 0 Å². The summed E-state index contributed by atoms with van der Waals surface area (Å²) in [6, 6.07) is 8.09. The molecule has 1 aromatic rings. The summed E-state index contributed by atoms with van der Waals surface area (Å²) in [6.45, 7) is 0.765. The van der Waals surface area contributed by atoms with Gasteiger partial charge in [0, 0.05) is 5.02 Å². The molecule has 0 bridgehead atoms. The summed E-state index contributed by atoms with van der Waals surface area (Å²) >= 11 is 7.86. The minimum Gasteiger partial charge on any atom is -0.330 e. The summed E-state index contributed by atoms with van der Waals surface area (Å²) in [6.07, 6.45) is 5.66. The molecule has 3 heteroatoms. The van der Waals surface area contributed by atoms with Gasteiger partial charge in [0.05, 0.1) is 0 Å². The van der Waals surface area contributed by atoms with Crippen LogP contribution in [0.25, 0.3) is 0 Å². The normalized spacial score (nSPS) is 12.7. The second-order valence-electron chi connectivity index (χ2n) is 4.07. The molecule has 16 heavy (non-hydrogen) atoms. The van der Waals surface area contributed by atoms with Crippen LogP contribution in [0.15, 0.2) is 24.3 Å². The van der Waals surface area contributed by atoms with Gasteiger partial charge in [-0.2, -0.15) is 11.8 Å². The number of nitrogens with two attached hydrogens (primary N) is 1. The molecule has 0 aliphatic rings. The van der Waals surface area contributed by atoms with Gasteiger partial charge in [0.1, 0.15) is 0 Å². The Kier molecular flexibility index (Phi) is 6.93. The number of thioether (sulfide) groups is 1. The Hall–Kier alpha value is -0.180. The Balaban J connectivity index is 2.43. The molecule has 2 N–H and O–H groups in total. The molecule has 0 aliphatic carbocycles. The Labute approximate surface area is 108 Å². The third-order valence-corrected chi connectivity index (χ3v) is 3.64. The maximum atomic E-state index is 5.96. The van der Waals surface area contributed by atoms with Gasteiger partial charge >= 0.3 is 0 Å². The monoisotopic (exact) mass is 257 g/mol. The van der Waals surface area contributed by atoms with E-state index in [4.69, 9.17) is 17.3 Å². The highest BCUT2D eigenvalue weighted by Gasteiger charge is 2.07. The number of hydrogen-bond acceptors (Lipinski definition) is 2. The molecule has 1 atom stereocenters. The molecule has 1 rings (SSSR count). The van der Waals surface area contributed by atoms with E-state index < -0.39 is 0 Å². The molecule has 0 saturated heterocycles. The highest BCUT2D eigenvalue weighted by Crippen LogP contribution is 2.17. The standard InChI is InChI=1S/C13H20ClNS/c1-16-7-3-5-12(10-15)8-11-4-2-6-13(14)9-11/h2,4,6,9,12H,3,5,7-8,10,15H2,1H3. The summed E-state index contributed by atoms with van der Waals surface area (Å²) in [4.78, 5) is 0. The zero-order valence-corrected chi connectivity index (χ0v) is 11.4. The fourth-order valence-corrected chi connectivity index (χ4v) is 2.49. The van der Waals surface area contributed by atoms with Crippen LogP contribution in [0.2, 0.25) is 5.02 Å². The van der Waals surface area contributed by atoms with E-state index in [1.807, 2.05) is 30.0 Å². The van der Waals surface area contributed by atoms with Crippen molar-refractivity contribution in [1.82, 2.24) is 0 Å². The number of hydrogen-bond donors (Lipinski definition) is 1. The van der Waals surface area contributed by atoms with Crippen LogP contribution < -0.4 is 5.73 Å². The molecule has 0 radical (unpaired) electrons. The van der Waals surface area contributed by atoms with Crippen LogP contribution in [0.3, 0.4) is 0 Å². The molecular formula is C13H20ClNS. The molecule has 0 amide bonds. The van der Waals surface area contributed by atoms with Crippen molar-refractivity contribution in [2.45, 2.75) is 19.3 Å². The lowest BCUT2D eigenvalue weighted by Gasteiger charge is -2.14. The smallest absolute Gasteiger partial charge is 0.0408 e. The highest BCUT2D eigenvalue weighted by atomic mass is 35.5. The van der Waals surface area contributed by atoms with Crippen molar-refractivity contribution in [1.29, 1.82) is 0 Å². The SMILES string of the molecule is CSCCCC(CN)Cc1cccc(Cl)c1. The first-order valence-corrected chi connectivity index (χ1v) is 7.47. The summed E-state index contributed by atoms with van der Waals surface area (Å²) in [5.74, 6) is 1.82. The summed E-state index contributed by atoms with van der Waals surface area (Å²) in [5.41, 5.74) is 7.10. The minimum absolute atomic E-state index is 0.589. The van der Waals surface area contributed by atoms with Crippen molar-refractivity contribution in [3.63, 3.8) is 0 Å². The fraction of sp³-hybridized carbons (Fsp3) is 0.538. The van der Waals surface area contributed by atoms with E-state index in [9.17, 15) is 0 Å². The van der Waals surface area contributed by atoms with E-state index in [0.717, 1.165) is 18.0 Å². The molecule has 1 unspecified atom stereocenters. The van der Waals surface area contributed by atoms with Crippen molar-refractivity contribution in [3.8, 4) is 0 Å². The molecular weight excluding hydrogens is 238 g/mol. The van der Waals surface area contributed by atoms with Crippen molar-refractivity contribution < 1.29 is 0 Å². The predicted octanol–water partition coefficient (Wildman–Crippen LogP) is 3.60. The number of halogens is 1. The van der Waals surface area contributed by atoms with E-state index >= 15 is 0 Å². The lowest BCUT2D eigenvalue weighted by Crippen LogP contribution is -2.17. The topological polar surface area (TPSA) is 26.0 Å². The first-order chi connectivity index (χ1) is 7.76. The number of rotatable bonds is 7. The van der Waals surface area contributed by atoms with Crippen LogP contribution in [0.1, 0.15) is 18.4 Å². The van der Waals surface area contributed by atoms with Crippen LogP contribution >= 0.6 is 23.4 Å². The van der Waals surface area contributed by atoms with Gasteiger partial charge in [-0.1, -0.05) is 23.7 Å². The van der Waals surface area contributed by atoms with Gasteiger partial charge in [-0.05, 0) is 61.4 Å². The molecule has 0 spiro atoms. The maximum absolute atomic E-state index is 5.96. The van der Waals surface area contributed by atoms with Crippen molar-refractivity contribution in [2.75, 3.05) is 18.6 Å². The molecule has 0 aromatic heterocycles. The largest absolute Gasteiger partial charge is 0.330 e. The third kappa shape index (κ3) is 5.24. The van der Waals surface area contributed by atoms with Crippen LogP contribution in [0.4, 0.5) is 0 Å². The fourth-order valence-electron chi connectivity index (χ4n) is 1.82. The lowest BCUT2D eigenvalue weighted by molar-refractivity contribution is 0.489. The van der Waals surface area contributed by atoms with Crippen LogP contribution in [0.5, 0.6) is 0 Å². The molecule has 0 fully saturated rings. The van der Waals surface area contributed by atoms with E-state index in [0.29, 0.717) is 5.92 Å². The Morgan fingerprint density at radius 3 is 2.88 bits per heavy atom. The third-order valence-electron chi connectivity index (χ3n) is 2.71. The second kappa shape index (κ2) is 7.99. The summed E-state index contributed by atoms with van der Waals surface area (Å²) < 4.78 is 0. The van der Waals surface area contributed by atoms with Gasteiger partial charge in [-0.3, -0.25) is 0 Å². The van der Waals surface area contributed by atoms with Crippen LogP contribution in [0, 0.1) is 5.92 Å². The molecule has 90 valence electrons. The average Bonchev–Trinajstić information content (AvgIpc) is 2.28. The Morgan fingerprint density at radius 2 is 2.25 bits per heavy atom. The Morgan fingerprint density at radius 1 is 1.44 bits per heavy atom. The van der Waals surface area contributed by atoms with Gasteiger partial charge in [0.2, 0.25) is 0 Å². The molecule has 1 nitrogen and oxygen atoms in total. The summed E-state index contributed by atoms with van der Waals surface area (Å²) in [5, 5.41) is 0.817. The van der Waals surface area contributed by atoms with Gasteiger partial charge in [0.25, 0.3) is 0 Å². The molecule has 0 aliphatic heterocycles. The van der Waals surface area contributed by atoms with Crippen molar-refractivity contribution in [2.24, 2.45) is 11.7 Å².